The van der Waals surface area contributed by atoms with Crippen molar-refractivity contribution < 1.29 is 23.7 Å². The Morgan fingerprint density at radius 2 is 1.62 bits per heavy atom. The first-order valence-electron chi connectivity index (χ1n) is 13.5. The Morgan fingerprint density at radius 3 is 2.41 bits per heavy atom. The molecule has 6 atom stereocenters. The molecule has 32 heavy (non-hydrogen) atoms. The highest BCUT2D eigenvalue weighted by molar-refractivity contribution is 5.81. The third-order valence-corrected chi connectivity index (χ3v) is 7.80. The van der Waals surface area contributed by atoms with E-state index in [0.717, 1.165) is 71.2 Å². The Morgan fingerprint density at radius 1 is 0.875 bits per heavy atom. The minimum Gasteiger partial charge on any atom is -0.353 e. The van der Waals surface area contributed by atoms with Crippen molar-refractivity contribution in [1.29, 1.82) is 0 Å². The largest absolute Gasteiger partial charge is 0.353 e. The van der Waals surface area contributed by atoms with Gasteiger partial charge in [-0.1, -0.05) is 31.4 Å². The topological polar surface area (TPSA) is 54.0 Å². The van der Waals surface area contributed by atoms with Crippen LogP contribution in [-0.2, 0) is 23.7 Å². The van der Waals surface area contributed by atoms with Crippen molar-refractivity contribution in [1.82, 2.24) is 0 Å². The summed E-state index contributed by atoms with van der Waals surface area (Å²) in [6.45, 7) is 2.52. The number of carbonyl (C=O) groups is 1. The van der Waals surface area contributed by atoms with Crippen molar-refractivity contribution >= 4 is 5.78 Å². The molecule has 2 unspecified atom stereocenters. The number of unbranched alkanes of at least 4 members (excludes halogenated alkanes) is 5. The Kier molecular flexibility index (Phi) is 10.1. The molecule has 2 saturated heterocycles. The van der Waals surface area contributed by atoms with Gasteiger partial charge in [-0.15, -0.1) is 0 Å². The molecule has 0 aromatic carbocycles. The molecular formula is C27H44O5. The van der Waals surface area contributed by atoms with Gasteiger partial charge in [0.25, 0.3) is 0 Å². The maximum atomic E-state index is 12.0. The molecular weight excluding hydrogens is 404 g/mol. The lowest BCUT2D eigenvalue weighted by atomic mass is 9.90. The standard InChI is InChI=1S/C27H44O5/c28-22-18-21-19-25(32-27-14-8-11-17-31-27)23(24(21)20-22)12-6-4-2-1-3-5-9-15-29-26-13-7-10-16-30-26/h6,12,21,23-27H,1-5,7-11,13-20H2/b12-6+/t21-,23+,24-,25+,26?,27?/m0/s1. The average molecular weight is 449 g/mol. The van der Waals surface area contributed by atoms with E-state index in [4.69, 9.17) is 18.9 Å². The molecule has 0 bridgehead atoms. The highest BCUT2D eigenvalue weighted by atomic mass is 16.7. The van der Waals surface area contributed by atoms with E-state index in [9.17, 15) is 4.79 Å². The number of Topliss-reactive ketones (excluding diaryl/α,β-unsaturated/α-hetero) is 1. The molecule has 2 heterocycles. The Hall–Kier alpha value is -0.750. The predicted molar refractivity (Wildman–Crippen MR) is 124 cm³/mol. The Labute approximate surface area is 194 Å². The van der Waals surface area contributed by atoms with Gasteiger partial charge in [-0.3, -0.25) is 4.79 Å². The van der Waals surface area contributed by atoms with E-state index in [1.807, 2.05) is 0 Å². The van der Waals surface area contributed by atoms with E-state index in [2.05, 4.69) is 12.2 Å². The molecule has 5 nitrogen and oxygen atoms in total. The van der Waals surface area contributed by atoms with Gasteiger partial charge >= 0.3 is 0 Å². The summed E-state index contributed by atoms with van der Waals surface area (Å²) < 4.78 is 23.7. The van der Waals surface area contributed by atoms with E-state index < -0.39 is 0 Å². The molecule has 0 spiro atoms. The lowest BCUT2D eigenvalue weighted by molar-refractivity contribution is -0.193. The zero-order chi connectivity index (χ0) is 22.0. The van der Waals surface area contributed by atoms with Crippen LogP contribution in [-0.4, -0.2) is 44.3 Å². The molecule has 4 aliphatic rings. The van der Waals surface area contributed by atoms with Crippen molar-refractivity contribution in [3.63, 3.8) is 0 Å². The summed E-state index contributed by atoms with van der Waals surface area (Å²) in [5.41, 5.74) is 0. The number of hydrogen-bond donors (Lipinski definition) is 0. The third kappa shape index (κ3) is 7.38. The number of ketones is 1. The van der Waals surface area contributed by atoms with E-state index in [0.29, 0.717) is 23.5 Å². The van der Waals surface area contributed by atoms with Crippen LogP contribution in [0.15, 0.2) is 12.2 Å². The maximum Gasteiger partial charge on any atom is 0.157 e. The number of rotatable bonds is 12. The van der Waals surface area contributed by atoms with Crippen LogP contribution in [0.4, 0.5) is 0 Å². The van der Waals surface area contributed by atoms with Crippen molar-refractivity contribution in [2.45, 2.75) is 115 Å². The summed E-state index contributed by atoms with van der Waals surface area (Å²) >= 11 is 0. The molecule has 4 fully saturated rings. The van der Waals surface area contributed by atoms with Crippen LogP contribution in [0.3, 0.4) is 0 Å². The SMILES string of the molecule is O=C1C[C@H]2C[C@@H](OC3CCCCO3)[C@H](/C=C/CCCCCCCOC3CCCCO3)[C@H]2C1. The van der Waals surface area contributed by atoms with Crippen molar-refractivity contribution in [2.75, 3.05) is 19.8 Å². The minimum atomic E-state index is -0.0344. The summed E-state index contributed by atoms with van der Waals surface area (Å²) in [5.74, 6) is 1.84. The van der Waals surface area contributed by atoms with Crippen LogP contribution in [0, 0.1) is 17.8 Å². The highest BCUT2D eigenvalue weighted by Crippen LogP contribution is 2.48. The van der Waals surface area contributed by atoms with Crippen LogP contribution in [0.2, 0.25) is 0 Å². The van der Waals surface area contributed by atoms with Crippen LogP contribution < -0.4 is 0 Å². The summed E-state index contributed by atoms with van der Waals surface area (Å²) in [6, 6.07) is 0. The summed E-state index contributed by atoms with van der Waals surface area (Å²) in [7, 11) is 0. The molecule has 0 aromatic heterocycles. The molecule has 4 rings (SSSR count). The van der Waals surface area contributed by atoms with Gasteiger partial charge in [0.1, 0.15) is 5.78 Å². The second-order valence-electron chi connectivity index (χ2n) is 10.3. The molecule has 5 heteroatoms. The molecule has 0 N–H and O–H groups in total. The summed E-state index contributed by atoms with van der Waals surface area (Å²) in [6.07, 6.45) is 21.6. The smallest absolute Gasteiger partial charge is 0.157 e. The van der Waals surface area contributed by atoms with E-state index in [-0.39, 0.29) is 18.7 Å². The second-order valence-corrected chi connectivity index (χ2v) is 10.3. The van der Waals surface area contributed by atoms with Gasteiger partial charge in [0.15, 0.2) is 12.6 Å². The first-order valence-corrected chi connectivity index (χ1v) is 13.5. The van der Waals surface area contributed by atoms with Gasteiger partial charge < -0.3 is 18.9 Å². The van der Waals surface area contributed by atoms with E-state index in [1.54, 1.807) is 0 Å². The monoisotopic (exact) mass is 448 g/mol. The zero-order valence-corrected chi connectivity index (χ0v) is 19.9. The Bertz CT molecular complexity index is 579. The predicted octanol–water partition coefficient (Wildman–Crippen LogP) is 5.95. The van der Waals surface area contributed by atoms with Crippen molar-refractivity contribution in [3.05, 3.63) is 12.2 Å². The van der Waals surface area contributed by atoms with Crippen LogP contribution in [0.25, 0.3) is 0 Å². The number of hydrogen-bond acceptors (Lipinski definition) is 5. The molecule has 0 radical (unpaired) electrons. The fourth-order valence-corrected chi connectivity index (χ4v) is 6.03. The Balaban J connectivity index is 1.10. The zero-order valence-electron chi connectivity index (χ0n) is 19.9. The normalized spacial score (nSPS) is 35.6. The lowest BCUT2D eigenvalue weighted by Gasteiger charge is -2.29. The number of allylic oxidation sites excluding steroid dienone is 1. The van der Waals surface area contributed by atoms with Gasteiger partial charge in [-0.2, -0.15) is 0 Å². The van der Waals surface area contributed by atoms with Gasteiger partial charge in [0.05, 0.1) is 6.10 Å². The van der Waals surface area contributed by atoms with Crippen molar-refractivity contribution in [2.24, 2.45) is 17.8 Å². The number of fused-ring (bicyclic) bond motifs is 1. The number of ether oxygens (including phenoxy) is 4. The number of carbonyl (C=O) groups excluding carboxylic acids is 1. The van der Waals surface area contributed by atoms with Gasteiger partial charge in [0, 0.05) is 38.6 Å². The summed E-state index contributed by atoms with van der Waals surface area (Å²) in [4.78, 5) is 12.0. The molecule has 0 amide bonds. The molecule has 182 valence electrons. The van der Waals surface area contributed by atoms with Gasteiger partial charge in [-0.25, -0.2) is 0 Å². The highest BCUT2D eigenvalue weighted by Gasteiger charge is 2.48. The quantitative estimate of drug-likeness (QED) is 0.273. The second kappa shape index (κ2) is 13.2. The van der Waals surface area contributed by atoms with Gasteiger partial charge in [0.2, 0.25) is 0 Å². The maximum absolute atomic E-state index is 12.0. The van der Waals surface area contributed by atoms with E-state index in [1.165, 1.54) is 44.9 Å². The average Bonchev–Trinajstić information content (AvgIpc) is 3.32. The first kappa shape index (κ1) is 24.4. The third-order valence-electron chi connectivity index (χ3n) is 7.80. The minimum absolute atomic E-state index is 0.0344. The van der Waals surface area contributed by atoms with E-state index >= 15 is 0 Å². The fourth-order valence-electron chi connectivity index (χ4n) is 6.03. The first-order chi connectivity index (χ1) is 15.8. The lowest BCUT2D eigenvalue weighted by Crippen LogP contribution is -2.30. The van der Waals surface area contributed by atoms with Crippen LogP contribution in [0.1, 0.15) is 96.3 Å². The van der Waals surface area contributed by atoms with Crippen LogP contribution >= 0.6 is 0 Å². The fraction of sp³-hybridized carbons (Fsp3) is 0.889. The summed E-state index contributed by atoms with van der Waals surface area (Å²) in [5, 5.41) is 0. The van der Waals surface area contributed by atoms with Gasteiger partial charge in [-0.05, 0) is 76.0 Å². The molecule has 2 aliphatic heterocycles. The van der Waals surface area contributed by atoms with Crippen LogP contribution in [0.5, 0.6) is 0 Å². The molecule has 2 aliphatic carbocycles. The molecule has 2 saturated carbocycles. The molecule has 0 aromatic rings. The van der Waals surface area contributed by atoms with Crippen molar-refractivity contribution in [3.8, 4) is 0 Å².